The molecule has 0 atom stereocenters. The number of carboxylic acid groups (broad SMARTS) is 1. The summed E-state index contributed by atoms with van der Waals surface area (Å²) in [4.78, 5) is 11.6. The van der Waals surface area contributed by atoms with E-state index in [9.17, 15) is 4.79 Å². The minimum atomic E-state index is -1.04. The van der Waals surface area contributed by atoms with E-state index in [4.69, 9.17) is 14.6 Å². The fraction of sp³-hybridized carbons (Fsp3) is 0.286. The van der Waals surface area contributed by atoms with Crippen LogP contribution in [0.15, 0.2) is 30.9 Å². The summed E-state index contributed by atoms with van der Waals surface area (Å²) in [7, 11) is 0. The van der Waals surface area contributed by atoms with Crippen molar-refractivity contribution in [1.29, 1.82) is 0 Å². The second kappa shape index (κ2) is 7.21. The average molecular weight is 304 g/mol. The van der Waals surface area contributed by atoms with Gasteiger partial charge in [0.15, 0.2) is 18.0 Å². The number of nitrogens with zero attached hydrogens (tertiary/aromatic N) is 4. The predicted molar refractivity (Wildman–Crippen MR) is 77.7 cm³/mol. The Hall–Kier alpha value is -2.90. The molecule has 0 radical (unpaired) electrons. The second-order valence-electron chi connectivity index (χ2n) is 4.23. The Balaban J connectivity index is 2.27. The monoisotopic (exact) mass is 304 g/mol. The summed E-state index contributed by atoms with van der Waals surface area (Å²) in [6.45, 7) is 5.97. The number of tetrazole rings is 1. The van der Waals surface area contributed by atoms with Crippen molar-refractivity contribution in [2.45, 2.75) is 13.5 Å². The Morgan fingerprint density at radius 2 is 2.23 bits per heavy atom. The molecule has 1 heterocycles. The van der Waals surface area contributed by atoms with Gasteiger partial charge in [-0.15, -0.1) is 10.2 Å². The minimum absolute atomic E-state index is 0.317. The van der Waals surface area contributed by atoms with Crippen LogP contribution >= 0.6 is 0 Å². The maximum Gasteiger partial charge on any atom is 0.327 e. The van der Waals surface area contributed by atoms with Gasteiger partial charge in [-0.1, -0.05) is 12.7 Å². The van der Waals surface area contributed by atoms with Gasteiger partial charge in [0, 0.05) is 5.56 Å². The van der Waals surface area contributed by atoms with Crippen molar-refractivity contribution in [3.63, 3.8) is 0 Å². The summed E-state index contributed by atoms with van der Waals surface area (Å²) in [5.41, 5.74) is 0.658. The summed E-state index contributed by atoms with van der Waals surface area (Å²) in [6.07, 6.45) is 1.64. The Morgan fingerprint density at radius 1 is 1.41 bits per heavy atom. The van der Waals surface area contributed by atoms with Crippen LogP contribution in [0.3, 0.4) is 0 Å². The number of rotatable bonds is 8. The van der Waals surface area contributed by atoms with E-state index in [0.717, 1.165) is 4.80 Å². The first kappa shape index (κ1) is 15.5. The van der Waals surface area contributed by atoms with E-state index >= 15 is 0 Å². The highest BCUT2D eigenvalue weighted by molar-refractivity contribution is 5.66. The molecule has 22 heavy (non-hydrogen) atoms. The number of carboxylic acids is 1. The van der Waals surface area contributed by atoms with Crippen molar-refractivity contribution in [3.05, 3.63) is 30.9 Å². The van der Waals surface area contributed by atoms with Gasteiger partial charge in [0.1, 0.15) is 6.61 Å². The molecule has 0 bridgehead atoms. The van der Waals surface area contributed by atoms with Crippen molar-refractivity contribution in [2.24, 2.45) is 0 Å². The molecule has 0 unspecified atom stereocenters. The second-order valence-corrected chi connectivity index (χ2v) is 4.23. The normalized spacial score (nSPS) is 10.2. The SMILES string of the molecule is C=CCOc1ccc(-c2nnn(CC(=O)O)n2)cc1OCC. The third-order valence-electron chi connectivity index (χ3n) is 2.59. The maximum absolute atomic E-state index is 10.6. The molecule has 0 aliphatic rings. The number of aromatic nitrogens is 4. The van der Waals surface area contributed by atoms with Crippen LogP contribution in [0, 0.1) is 0 Å². The number of aliphatic carboxylic acids is 1. The fourth-order valence-corrected chi connectivity index (χ4v) is 1.73. The highest BCUT2D eigenvalue weighted by atomic mass is 16.5. The zero-order valence-electron chi connectivity index (χ0n) is 12.1. The molecule has 1 aromatic heterocycles. The van der Waals surface area contributed by atoms with E-state index in [-0.39, 0.29) is 6.54 Å². The van der Waals surface area contributed by atoms with E-state index in [2.05, 4.69) is 22.0 Å². The van der Waals surface area contributed by atoms with Gasteiger partial charge < -0.3 is 14.6 Å². The molecular weight excluding hydrogens is 288 g/mol. The van der Waals surface area contributed by atoms with Crippen LogP contribution in [-0.4, -0.2) is 44.5 Å². The lowest BCUT2D eigenvalue weighted by atomic mass is 10.2. The zero-order chi connectivity index (χ0) is 15.9. The smallest absolute Gasteiger partial charge is 0.327 e. The number of hydrogen-bond donors (Lipinski definition) is 1. The summed E-state index contributed by atoms with van der Waals surface area (Å²) in [5, 5.41) is 20.2. The Kier molecular flexibility index (Phi) is 5.07. The third kappa shape index (κ3) is 3.81. The predicted octanol–water partition coefficient (Wildman–Crippen LogP) is 1.39. The summed E-state index contributed by atoms with van der Waals surface area (Å²) in [5.74, 6) is 0.421. The van der Waals surface area contributed by atoms with Crippen LogP contribution in [-0.2, 0) is 11.3 Å². The standard InChI is InChI=1S/C14H16N4O4/c1-3-7-22-11-6-5-10(8-12(11)21-4-2)14-15-17-18(16-14)9-13(19)20/h3,5-6,8H,1,4,7,9H2,2H3,(H,19,20). The van der Waals surface area contributed by atoms with Gasteiger partial charge in [0.25, 0.3) is 0 Å². The first-order valence-corrected chi connectivity index (χ1v) is 6.64. The molecule has 8 nitrogen and oxygen atoms in total. The lowest BCUT2D eigenvalue weighted by molar-refractivity contribution is -0.138. The van der Waals surface area contributed by atoms with E-state index in [0.29, 0.717) is 36.1 Å². The lowest BCUT2D eigenvalue weighted by Gasteiger charge is -2.11. The third-order valence-corrected chi connectivity index (χ3v) is 2.59. The van der Waals surface area contributed by atoms with Gasteiger partial charge in [-0.2, -0.15) is 4.80 Å². The molecule has 0 aliphatic carbocycles. The molecule has 0 amide bonds. The highest BCUT2D eigenvalue weighted by Crippen LogP contribution is 2.31. The van der Waals surface area contributed by atoms with Crippen LogP contribution < -0.4 is 9.47 Å². The number of benzene rings is 1. The van der Waals surface area contributed by atoms with Crippen molar-refractivity contribution in [3.8, 4) is 22.9 Å². The molecule has 2 aromatic rings. The number of hydrogen-bond acceptors (Lipinski definition) is 6. The van der Waals surface area contributed by atoms with Crippen molar-refractivity contribution >= 4 is 5.97 Å². The molecule has 116 valence electrons. The molecule has 8 heteroatoms. The lowest BCUT2D eigenvalue weighted by Crippen LogP contribution is -2.11. The van der Waals surface area contributed by atoms with Gasteiger partial charge in [-0.05, 0) is 30.3 Å². The molecule has 0 saturated heterocycles. The Bertz CT molecular complexity index is 669. The molecule has 2 rings (SSSR count). The Morgan fingerprint density at radius 3 is 2.91 bits per heavy atom. The van der Waals surface area contributed by atoms with E-state index in [1.807, 2.05) is 6.92 Å². The van der Waals surface area contributed by atoms with Crippen molar-refractivity contribution in [1.82, 2.24) is 20.2 Å². The quantitative estimate of drug-likeness (QED) is 0.735. The van der Waals surface area contributed by atoms with E-state index in [1.165, 1.54) is 0 Å². The highest BCUT2D eigenvalue weighted by Gasteiger charge is 2.12. The van der Waals surface area contributed by atoms with Gasteiger partial charge in [-0.25, -0.2) is 0 Å². The number of carbonyl (C=O) groups is 1. The van der Waals surface area contributed by atoms with Crippen LogP contribution in [0.1, 0.15) is 6.92 Å². The minimum Gasteiger partial charge on any atom is -0.490 e. The van der Waals surface area contributed by atoms with E-state index < -0.39 is 5.97 Å². The largest absolute Gasteiger partial charge is 0.490 e. The first-order chi connectivity index (χ1) is 10.6. The molecule has 0 aliphatic heterocycles. The molecule has 0 fully saturated rings. The van der Waals surface area contributed by atoms with Crippen LogP contribution in [0.4, 0.5) is 0 Å². The maximum atomic E-state index is 10.6. The molecule has 1 N–H and O–H groups in total. The van der Waals surface area contributed by atoms with Gasteiger partial charge in [-0.3, -0.25) is 4.79 Å². The Labute approximate surface area is 127 Å². The summed E-state index contributed by atoms with van der Waals surface area (Å²) >= 11 is 0. The molecule has 1 aromatic carbocycles. The molecule has 0 spiro atoms. The average Bonchev–Trinajstić information content (AvgIpc) is 2.94. The summed E-state index contributed by atoms with van der Waals surface area (Å²) < 4.78 is 11.0. The zero-order valence-corrected chi connectivity index (χ0v) is 12.1. The van der Waals surface area contributed by atoms with Crippen LogP contribution in [0.5, 0.6) is 11.5 Å². The fourth-order valence-electron chi connectivity index (χ4n) is 1.73. The summed E-state index contributed by atoms with van der Waals surface area (Å²) in [6, 6.07) is 5.22. The van der Waals surface area contributed by atoms with Gasteiger partial charge >= 0.3 is 5.97 Å². The van der Waals surface area contributed by atoms with Crippen molar-refractivity contribution < 1.29 is 19.4 Å². The van der Waals surface area contributed by atoms with Crippen molar-refractivity contribution in [2.75, 3.05) is 13.2 Å². The van der Waals surface area contributed by atoms with Gasteiger partial charge in [0.2, 0.25) is 5.82 Å². The van der Waals surface area contributed by atoms with Gasteiger partial charge in [0.05, 0.1) is 6.61 Å². The van der Waals surface area contributed by atoms with E-state index in [1.54, 1.807) is 24.3 Å². The topological polar surface area (TPSA) is 99.4 Å². The molecular formula is C14H16N4O4. The number of ether oxygens (including phenoxy) is 2. The van der Waals surface area contributed by atoms with Crippen LogP contribution in [0.2, 0.25) is 0 Å². The van der Waals surface area contributed by atoms with Crippen LogP contribution in [0.25, 0.3) is 11.4 Å². The first-order valence-electron chi connectivity index (χ1n) is 6.64. The molecule has 0 saturated carbocycles.